The second-order valence-corrected chi connectivity index (χ2v) is 6.10. The van der Waals surface area contributed by atoms with E-state index in [-0.39, 0.29) is 42.3 Å². The van der Waals surface area contributed by atoms with E-state index in [0.717, 1.165) is 25.0 Å². The number of amides is 1. The molecule has 0 bridgehead atoms. The molecule has 1 aliphatic rings. The molecular weight excluding hydrogens is 337 g/mol. The first-order valence-corrected chi connectivity index (χ1v) is 7.79. The minimum Gasteiger partial charge on any atom is -0.352 e. The van der Waals surface area contributed by atoms with E-state index in [1.165, 1.54) is 12.1 Å². The smallest absolute Gasteiger partial charge is 0.352 e. The molecule has 2 aromatic rings. The Morgan fingerprint density at radius 3 is 2.84 bits per heavy atom. The number of alkyl halides is 3. The van der Waals surface area contributed by atoms with Gasteiger partial charge in [0.2, 0.25) is 17.6 Å². The number of benzene rings is 1. The lowest BCUT2D eigenvalue weighted by Crippen LogP contribution is -2.35. The van der Waals surface area contributed by atoms with Crippen molar-refractivity contribution in [3.05, 3.63) is 35.7 Å². The van der Waals surface area contributed by atoms with Crippen LogP contribution >= 0.6 is 0 Å². The van der Waals surface area contributed by atoms with Crippen LogP contribution in [0.2, 0.25) is 0 Å². The number of hydrogen-bond donors (Lipinski definition) is 1. The maximum Gasteiger partial charge on any atom is 0.416 e. The molecule has 1 fully saturated rings. The van der Waals surface area contributed by atoms with E-state index in [2.05, 4.69) is 15.5 Å². The van der Waals surface area contributed by atoms with Gasteiger partial charge in [0.05, 0.1) is 18.7 Å². The molecule has 1 aliphatic carbocycles. The van der Waals surface area contributed by atoms with Crippen LogP contribution in [0.1, 0.15) is 24.3 Å². The van der Waals surface area contributed by atoms with Crippen molar-refractivity contribution in [1.29, 1.82) is 0 Å². The van der Waals surface area contributed by atoms with Crippen molar-refractivity contribution in [2.75, 3.05) is 13.6 Å². The predicted octanol–water partition coefficient (Wildman–Crippen LogP) is 2.47. The first-order chi connectivity index (χ1) is 11.8. The summed E-state index contributed by atoms with van der Waals surface area (Å²) in [6.07, 6.45) is -2.41. The van der Waals surface area contributed by atoms with Crippen LogP contribution in [0.15, 0.2) is 28.8 Å². The Labute approximate surface area is 142 Å². The van der Waals surface area contributed by atoms with E-state index >= 15 is 0 Å². The number of carbonyl (C=O) groups excluding carboxylic acids is 1. The number of aromatic nitrogens is 2. The summed E-state index contributed by atoms with van der Waals surface area (Å²) in [6, 6.07) is 5.02. The summed E-state index contributed by atoms with van der Waals surface area (Å²) in [6.45, 7) is 0.405. The number of rotatable bonds is 6. The molecule has 0 atom stereocenters. The van der Waals surface area contributed by atoms with Crippen molar-refractivity contribution in [3.8, 4) is 11.4 Å². The first-order valence-electron chi connectivity index (χ1n) is 7.79. The van der Waals surface area contributed by atoms with Gasteiger partial charge in [0.25, 0.3) is 0 Å². The lowest BCUT2D eigenvalue weighted by Gasteiger charge is -2.13. The summed E-state index contributed by atoms with van der Waals surface area (Å²) < 4.78 is 43.4. The fourth-order valence-corrected chi connectivity index (χ4v) is 2.30. The third-order valence-corrected chi connectivity index (χ3v) is 3.68. The molecule has 134 valence electrons. The average molecular weight is 354 g/mol. The standard InChI is InChI=1S/C16H17F3N4O2/c1-23(8-13(24)20-12-5-6-12)9-14-21-15(22-25-14)10-3-2-4-11(7-10)16(17,18)19/h2-4,7,12H,5-6,8-9H2,1H3,(H,20,24). The highest BCUT2D eigenvalue weighted by Gasteiger charge is 2.30. The summed E-state index contributed by atoms with van der Waals surface area (Å²) in [5.41, 5.74) is -0.552. The maximum atomic E-state index is 12.8. The van der Waals surface area contributed by atoms with Crippen molar-refractivity contribution in [3.63, 3.8) is 0 Å². The predicted molar refractivity (Wildman–Crippen MR) is 82.2 cm³/mol. The zero-order valence-corrected chi connectivity index (χ0v) is 13.5. The van der Waals surface area contributed by atoms with Crippen LogP contribution in [0.3, 0.4) is 0 Å². The number of nitrogens with zero attached hydrogens (tertiary/aromatic N) is 3. The van der Waals surface area contributed by atoms with Gasteiger partial charge >= 0.3 is 6.18 Å². The molecular formula is C16H17F3N4O2. The van der Waals surface area contributed by atoms with E-state index in [1.54, 1.807) is 11.9 Å². The Bertz CT molecular complexity index is 756. The van der Waals surface area contributed by atoms with Crippen LogP contribution in [-0.2, 0) is 17.5 Å². The lowest BCUT2D eigenvalue weighted by molar-refractivity contribution is -0.137. The summed E-state index contributed by atoms with van der Waals surface area (Å²) in [7, 11) is 1.72. The zero-order valence-electron chi connectivity index (χ0n) is 13.5. The van der Waals surface area contributed by atoms with E-state index in [4.69, 9.17) is 4.52 Å². The van der Waals surface area contributed by atoms with Crippen molar-refractivity contribution >= 4 is 5.91 Å². The van der Waals surface area contributed by atoms with Gasteiger partial charge in [-0.15, -0.1) is 0 Å². The largest absolute Gasteiger partial charge is 0.416 e. The maximum absolute atomic E-state index is 12.8. The van der Waals surface area contributed by atoms with Crippen molar-refractivity contribution in [1.82, 2.24) is 20.4 Å². The van der Waals surface area contributed by atoms with Crippen LogP contribution in [0, 0.1) is 0 Å². The van der Waals surface area contributed by atoms with E-state index in [9.17, 15) is 18.0 Å². The number of hydrogen-bond acceptors (Lipinski definition) is 5. The van der Waals surface area contributed by atoms with Crippen LogP contribution in [0.5, 0.6) is 0 Å². The molecule has 1 aromatic heterocycles. The molecule has 1 saturated carbocycles. The number of carbonyl (C=O) groups is 1. The number of likely N-dealkylation sites (N-methyl/N-ethyl adjacent to an activating group) is 1. The van der Waals surface area contributed by atoms with Crippen LogP contribution < -0.4 is 5.32 Å². The fraction of sp³-hybridized carbons (Fsp3) is 0.438. The third-order valence-electron chi connectivity index (χ3n) is 3.68. The van der Waals surface area contributed by atoms with Gasteiger partial charge in [-0.2, -0.15) is 18.2 Å². The highest BCUT2D eigenvalue weighted by atomic mass is 19.4. The van der Waals surface area contributed by atoms with Crippen molar-refractivity contribution in [2.24, 2.45) is 0 Å². The Morgan fingerprint density at radius 1 is 1.40 bits per heavy atom. The molecule has 1 heterocycles. The normalized spacial score (nSPS) is 14.8. The second kappa shape index (κ2) is 6.83. The fourth-order valence-electron chi connectivity index (χ4n) is 2.30. The van der Waals surface area contributed by atoms with Crippen molar-refractivity contribution in [2.45, 2.75) is 31.6 Å². The molecule has 3 rings (SSSR count). The van der Waals surface area contributed by atoms with Gasteiger partial charge in [-0.1, -0.05) is 17.3 Å². The second-order valence-electron chi connectivity index (χ2n) is 6.10. The highest BCUT2D eigenvalue weighted by molar-refractivity contribution is 5.78. The summed E-state index contributed by atoms with van der Waals surface area (Å²) >= 11 is 0. The molecule has 1 aromatic carbocycles. The molecule has 9 heteroatoms. The minimum atomic E-state index is -4.43. The van der Waals surface area contributed by atoms with Crippen LogP contribution in [0.25, 0.3) is 11.4 Å². The number of nitrogens with one attached hydrogen (secondary N) is 1. The molecule has 1 amide bonds. The molecule has 0 spiro atoms. The first kappa shape index (κ1) is 17.4. The Kier molecular flexibility index (Phi) is 4.76. The molecule has 0 unspecified atom stereocenters. The van der Waals surface area contributed by atoms with Crippen LogP contribution in [0.4, 0.5) is 13.2 Å². The third kappa shape index (κ3) is 4.79. The average Bonchev–Trinajstić information content (AvgIpc) is 3.21. The summed E-state index contributed by atoms with van der Waals surface area (Å²) in [5, 5.41) is 6.59. The van der Waals surface area contributed by atoms with Crippen LogP contribution in [-0.4, -0.2) is 40.6 Å². The number of halogens is 3. The highest BCUT2D eigenvalue weighted by Crippen LogP contribution is 2.31. The van der Waals surface area contributed by atoms with E-state index < -0.39 is 11.7 Å². The molecule has 6 nitrogen and oxygen atoms in total. The Hall–Kier alpha value is -2.42. The Morgan fingerprint density at radius 2 is 2.16 bits per heavy atom. The van der Waals surface area contributed by atoms with Gasteiger partial charge in [0.1, 0.15) is 0 Å². The topological polar surface area (TPSA) is 71.3 Å². The summed E-state index contributed by atoms with van der Waals surface area (Å²) in [4.78, 5) is 17.5. The monoisotopic (exact) mass is 354 g/mol. The van der Waals surface area contributed by atoms with Gasteiger partial charge in [-0.25, -0.2) is 0 Å². The lowest BCUT2D eigenvalue weighted by atomic mass is 10.1. The van der Waals surface area contributed by atoms with Gasteiger partial charge in [0.15, 0.2) is 0 Å². The summed E-state index contributed by atoms with van der Waals surface area (Å²) in [5.74, 6) is 0.230. The zero-order chi connectivity index (χ0) is 18.0. The van der Waals surface area contributed by atoms with Gasteiger partial charge in [0, 0.05) is 11.6 Å². The molecule has 25 heavy (non-hydrogen) atoms. The van der Waals surface area contributed by atoms with Crippen molar-refractivity contribution < 1.29 is 22.5 Å². The van der Waals surface area contributed by atoms with Gasteiger partial charge in [-0.3, -0.25) is 9.69 Å². The minimum absolute atomic E-state index is 0.0805. The molecule has 0 saturated heterocycles. The molecule has 0 radical (unpaired) electrons. The van der Waals surface area contributed by atoms with Gasteiger partial charge in [-0.05, 0) is 32.0 Å². The molecule has 0 aliphatic heterocycles. The van der Waals surface area contributed by atoms with E-state index in [1.807, 2.05) is 0 Å². The quantitative estimate of drug-likeness (QED) is 0.863. The Balaban J connectivity index is 1.63. The van der Waals surface area contributed by atoms with E-state index in [0.29, 0.717) is 0 Å². The molecule has 1 N–H and O–H groups in total. The SMILES string of the molecule is CN(CC(=O)NC1CC1)Cc1nc(-c2cccc(C(F)(F)F)c2)no1. The van der Waals surface area contributed by atoms with Gasteiger partial charge < -0.3 is 9.84 Å².